The normalized spacial score (nSPS) is 11.8. The van der Waals surface area contributed by atoms with Gasteiger partial charge in [-0.25, -0.2) is 18.7 Å². The van der Waals surface area contributed by atoms with E-state index < -0.39 is 34.8 Å². The molecule has 0 spiro atoms. The van der Waals surface area contributed by atoms with E-state index in [9.17, 15) is 8.78 Å². The number of hydrogen-bond donors (Lipinski definition) is 1. The first-order chi connectivity index (χ1) is 6.49. The molecule has 7 heteroatoms. The minimum absolute atomic E-state index is 0.400. The molecule has 1 heterocycles. The lowest BCUT2D eigenvalue weighted by molar-refractivity contribution is -0.0273. The molecule has 0 aliphatic carbocycles. The molecule has 0 atom stereocenters. The first-order valence-electron chi connectivity index (χ1n) is 3.64. The van der Waals surface area contributed by atoms with Crippen LogP contribution in [-0.2, 0) is 5.92 Å². The second-order valence-electron chi connectivity index (χ2n) is 2.51. The fourth-order valence-corrected chi connectivity index (χ4v) is 1.50. The van der Waals surface area contributed by atoms with E-state index in [0.29, 0.717) is 0 Å². The van der Waals surface area contributed by atoms with Gasteiger partial charge in [-0.2, -0.15) is 0 Å². The van der Waals surface area contributed by atoms with Crippen molar-refractivity contribution >= 4 is 23.2 Å². The lowest BCUT2D eigenvalue weighted by Crippen LogP contribution is -2.17. The van der Waals surface area contributed by atoms with Gasteiger partial charge in [-0.15, -0.1) is 0 Å². The smallest absolute Gasteiger partial charge is 0.281 e. The molecule has 0 aliphatic heterocycles. The van der Waals surface area contributed by atoms with Crippen LogP contribution in [0.1, 0.15) is 12.0 Å². The van der Waals surface area contributed by atoms with Gasteiger partial charge in [0.1, 0.15) is 16.6 Å². The summed E-state index contributed by atoms with van der Waals surface area (Å²) in [6.45, 7) is -0.672. The lowest BCUT2D eigenvalue weighted by atomic mass is 10.1. The summed E-state index contributed by atoms with van der Waals surface area (Å²) in [6, 6.07) is 0. The van der Waals surface area contributed by atoms with E-state index in [1.54, 1.807) is 0 Å². The van der Waals surface area contributed by atoms with Crippen LogP contribution in [0.5, 0.6) is 0 Å². The minimum Gasteiger partial charge on any atom is -0.396 e. The van der Waals surface area contributed by atoms with Crippen LogP contribution in [0.3, 0.4) is 0 Å². The Bertz CT molecular complexity index is 315. The Morgan fingerprint density at radius 2 is 1.79 bits per heavy atom. The molecular weight excluding hydrogens is 237 g/mol. The molecular formula is C7H6Cl2F2N2O. The molecule has 3 nitrogen and oxygen atoms in total. The quantitative estimate of drug-likeness (QED) is 0.828. The summed E-state index contributed by atoms with van der Waals surface area (Å²) in [5.74, 6) is -3.32. The number of aliphatic hydroxyl groups is 1. The van der Waals surface area contributed by atoms with Crippen molar-refractivity contribution in [3.8, 4) is 0 Å². The molecule has 0 unspecified atom stereocenters. The van der Waals surface area contributed by atoms with Crippen LogP contribution in [0, 0.1) is 0 Å². The minimum atomic E-state index is -3.32. The van der Waals surface area contributed by atoms with E-state index in [-0.39, 0.29) is 0 Å². The number of halogens is 4. The van der Waals surface area contributed by atoms with E-state index in [1.807, 2.05) is 0 Å². The van der Waals surface area contributed by atoms with Gasteiger partial charge in [-0.1, -0.05) is 23.2 Å². The van der Waals surface area contributed by atoms with Crippen LogP contribution >= 0.6 is 23.2 Å². The Labute approximate surface area is 88.7 Å². The predicted octanol–water partition coefficient (Wildman–Crippen LogP) is 2.26. The van der Waals surface area contributed by atoms with Crippen molar-refractivity contribution in [2.45, 2.75) is 12.3 Å². The van der Waals surface area contributed by atoms with Crippen molar-refractivity contribution < 1.29 is 13.9 Å². The second kappa shape index (κ2) is 4.33. The van der Waals surface area contributed by atoms with Crippen molar-refractivity contribution in [2.75, 3.05) is 6.61 Å². The van der Waals surface area contributed by atoms with Crippen molar-refractivity contribution in [3.05, 3.63) is 22.2 Å². The third-order valence-electron chi connectivity index (χ3n) is 1.55. The Hall–Kier alpha value is -0.520. The fraction of sp³-hybridized carbons (Fsp3) is 0.429. The zero-order valence-corrected chi connectivity index (χ0v) is 8.36. The number of alkyl halides is 2. The summed E-state index contributed by atoms with van der Waals surface area (Å²) in [5.41, 5.74) is -0.641. The number of hydrogen-bond acceptors (Lipinski definition) is 3. The molecule has 78 valence electrons. The van der Waals surface area contributed by atoms with Gasteiger partial charge >= 0.3 is 0 Å². The number of rotatable bonds is 3. The Balaban J connectivity index is 3.17. The Kier molecular flexibility index (Phi) is 3.58. The highest BCUT2D eigenvalue weighted by molar-refractivity contribution is 6.34. The van der Waals surface area contributed by atoms with Gasteiger partial charge < -0.3 is 5.11 Å². The fourth-order valence-electron chi connectivity index (χ4n) is 0.912. The molecule has 0 saturated carbocycles. The molecule has 0 amide bonds. The first kappa shape index (κ1) is 11.6. The van der Waals surface area contributed by atoms with E-state index in [0.717, 1.165) is 6.33 Å². The maximum absolute atomic E-state index is 13.3. The van der Waals surface area contributed by atoms with Crippen LogP contribution in [0.2, 0.25) is 10.3 Å². The van der Waals surface area contributed by atoms with Gasteiger partial charge in [0.15, 0.2) is 0 Å². The largest absolute Gasteiger partial charge is 0.396 e. The Morgan fingerprint density at radius 3 is 2.21 bits per heavy atom. The molecule has 0 aliphatic rings. The standard InChI is InChI=1S/C7H6Cl2F2N2O/c8-5-4(6(9)13-3-12-5)7(10,11)1-2-14/h3,14H,1-2H2. The maximum Gasteiger partial charge on any atom is 0.281 e. The van der Waals surface area contributed by atoms with Crippen LogP contribution < -0.4 is 0 Å². The summed E-state index contributed by atoms with van der Waals surface area (Å²) in [5, 5.41) is 7.64. The van der Waals surface area contributed by atoms with E-state index in [2.05, 4.69) is 9.97 Å². The summed E-state index contributed by atoms with van der Waals surface area (Å²) in [4.78, 5) is 6.79. The average Bonchev–Trinajstić information content (AvgIpc) is 2.02. The van der Waals surface area contributed by atoms with Gasteiger partial charge in [0.05, 0.1) is 5.56 Å². The molecule has 0 bridgehead atoms. The summed E-state index contributed by atoms with van der Waals surface area (Å²) in [6.07, 6.45) is 0.225. The van der Waals surface area contributed by atoms with Crippen LogP contribution in [-0.4, -0.2) is 21.7 Å². The second-order valence-corrected chi connectivity index (χ2v) is 3.22. The highest BCUT2D eigenvalue weighted by atomic mass is 35.5. The van der Waals surface area contributed by atoms with Crippen LogP contribution in [0.4, 0.5) is 8.78 Å². The van der Waals surface area contributed by atoms with Crippen molar-refractivity contribution in [1.82, 2.24) is 9.97 Å². The Morgan fingerprint density at radius 1 is 1.29 bits per heavy atom. The molecule has 14 heavy (non-hydrogen) atoms. The summed E-state index contributed by atoms with van der Waals surface area (Å²) >= 11 is 10.9. The van der Waals surface area contributed by atoms with Crippen molar-refractivity contribution in [2.24, 2.45) is 0 Å². The number of nitrogens with zero attached hydrogens (tertiary/aromatic N) is 2. The van der Waals surface area contributed by atoms with Crippen LogP contribution in [0.15, 0.2) is 6.33 Å². The number of aliphatic hydroxyl groups excluding tert-OH is 1. The highest BCUT2D eigenvalue weighted by Gasteiger charge is 2.36. The molecule has 1 rings (SSSR count). The van der Waals surface area contributed by atoms with Gasteiger partial charge in [0, 0.05) is 13.0 Å². The van der Waals surface area contributed by atoms with E-state index >= 15 is 0 Å². The molecule has 0 saturated heterocycles. The third-order valence-corrected chi connectivity index (χ3v) is 2.12. The predicted molar refractivity (Wildman–Crippen MR) is 47.6 cm³/mol. The molecule has 0 aromatic carbocycles. The van der Waals surface area contributed by atoms with Gasteiger partial charge in [-0.05, 0) is 0 Å². The first-order valence-corrected chi connectivity index (χ1v) is 4.40. The maximum atomic E-state index is 13.3. The van der Waals surface area contributed by atoms with Gasteiger partial charge in [0.2, 0.25) is 0 Å². The topological polar surface area (TPSA) is 46.0 Å². The van der Waals surface area contributed by atoms with Crippen molar-refractivity contribution in [3.63, 3.8) is 0 Å². The van der Waals surface area contributed by atoms with Gasteiger partial charge in [-0.3, -0.25) is 0 Å². The SMILES string of the molecule is OCCC(F)(F)c1c(Cl)ncnc1Cl. The molecule has 0 fully saturated rings. The molecule has 0 radical (unpaired) electrons. The lowest BCUT2D eigenvalue weighted by Gasteiger charge is -2.16. The number of aromatic nitrogens is 2. The molecule has 1 aromatic heterocycles. The van der Waals surface area contributed by atoms with Crippen molar-refractivity contribution in [1.29, 1.82) is 0 Å². The van der Waals surface area contributed by atoms with Crippen LogP contribution in [0.25, 0.3) is 0 Å². The zero-order valence-electron chi connectivity index (χ0n) is 6.85. The summed E-state index contributed by atoms with van der Waals surface area (Å²) < 4.78 is 26.5. The third kappa shape index (κ3) is 2.29. The monoisotopic (exact) mass is 242 g/mol. The summed E-state index contributed by atoms with van der Waals surface area (Å²) in [7, 11) is 0. The van der Waals surface area contributed by atoms with E-state index in [1.165, 1.54) is 0 Å². The van der Waals surface area contributed by atoms with E-state index in [4.69, 9.17) is 28.3 Å². The molecule has 1 aromatic rings. The van der Waals surface area contributed by atoms with Gasteiger partial charge in [0.25, 0.3) is 5.92 Å². The average molecular weight is 243 g/mol. The highest BCUT2D eigenvalue weighted by Crippen LogP contribution is 2.38. The zero-order chi connectivity index (χ0) is 10.8. The molecule has 1 N–H and O–H groups in total.